The van der Waals surface area contributed by atoms with Crippen molar-refractivity contribution >= 4 is 29.9 Å². The fraction of sp³-hybridized carbons (Fsp3) is 0.643. The molecule has 0 atom stereocenters. The van der Waals surface area contributed by atoms with Gasteiger partial charge in [-0.15, -0.1) is 0 Å². The Labute approximate surface area is 115 Å². The predicted molar refractivity (Wildman–Crippen MR) is 82.0 cm³/mol. The Morgan fingerprint density at radius 3 is 1.89 bits per heavy atom. The van der Waals surface area contributed by atoms with Gasteiger partial charge in [-0.05, 0) is 28.1 Å². The zero-order valence-electron chi connectivity index (χ0n) is 12.2. The minimum atomic E-state index is -1.82. The topological polar surface area (TPSA) is 37.3 Å². The number of hydrogen-bond acceptors (Lipinski definition) is 2. The van der Waals surface area contributed by atoms with E-state index in [2.05, 4.69) is 41.5 Å². The lowest BCUT2D eigenvalue weighted by Crippen LogP contribution is -2.55. The second kappa shape index (κ2) is 5.57. The van der Waals surface area contributed by atoms with Gasteiger partial charge in [0.05, 0.1) is 5.56 Å². The van der Waals surface area contributed by atoms with Gasteiger partial charge in [-0.1, -0.05) is 41.5 Å². The number of rotatable bonds is 5. The summed E-state index contributed by atoms with van der Waals surface area (Å²) in [5, 5.41) is 11.3. The molecule has 0 spiro atoms. The van der Waals surface area contributed by atoms with Crippen LogP contribution in [0, 0.1) is 0 Å². The smallest absolute Gasteiger partial charge is 0.336 e. The Morgan fingerprint density at radius 1 is 1.11 bits per heavy atom. The third kappa shape index (κ3) is 2.28. The third-order valence-electron chi connectivity index (χ3n) is 4.15. The van der Waals surface area contributed by atoms with E-state index in [0.29, 0.717) is 22.2 Å². The molecule has 0 bridgehead atoms. The lowest BCUT2D eigenvalue weighted by molar-refractivity contribution is 0.0698. The van der Waals surface area contributed by atoms with Crippen molar-refractivity contribution in [2.75, 3.05) is 0 Å². The number of carboxylic acids is 1. The van der Waals surface area contributed by atoms with E-state index in [9.17, 15) is 9.90 Å². The largest absolute Gasteiger partial charge is 0.478 e. The molecule has 1 aromatic rings. The molecule has 0 unspecified atom stereocenters. The summed E-state index contributed by atoms with van der Waals surface area (Å²) in [4.78, 5) is 11.4. The standard InChI is InChI=1S/C14H24O2SSi/c1-9(2)18(10(3)4,11(5)6)14-12(13(15)16)7-8-17-14/h7-11H,1-6H3,(H,15,16). The summed E-state index contributed by atoms with van der Waals surface area (Å²) in [6.07, 6.45) is 0. The first-order chi connectivity index (χ1) is 8.26. The first kappa shape index (κ1) is 15.4. The number of thiophene rings is 1. The molecular weight excluding hydrogens is 260 g/mol. The van der Waals surface area contributed by atoms with Crippen LogP contribution in [0.2, 0.25) is 16.6 Å². The highest BCUT2D eigenvalue weighted by atomic mass is 32.1. The van der Waals surface area contributed by atoms with Gasteiger partial charge in [-0.3, -0.25) is 0 Å². The number of carbonyl (C=O) groups is 1. The van der Waals surface area contributed by atoms with Crippen LogP contribution in [0.4, 0.5) is 0 Å². The van der Waals surface area contributed by atoms with Crippen molar-refractivity contribution in [1.82, 2.24) is 0 Å². The van der Waals surface area contributed by atoms with Gasteiger partial charge in [0.25, 0.3) is 0 Å². The summed E-state index contributed by atoms with van der Waals surface area (Å²) in [7, 11) is -1.82. The maximum absolute atomic E-state index is 11.4. The molecule has 0 saturated carbocycles. The molecule has 0 fully saturated rings. The van der Waals surface area contributed by atoms with Gasteiger partial charge in [-0.25, -0.2) is 4.79 Å². The molecule has 0 amide bonds. The minimum Gasteiger partial charge on any atom is -0.478 e. The summed E-state index contributed by atoms with van der Waals surface area (Å²) in [5.74, 6) is -0.773. The van der Waals surface area contributed by atoms with Crippen molar-refractivity contribution in [2.45, 2.75) is 58.2 Å². The minimum absolute atomic E-state index is 0.544. The van der Waals surface area contributed by atoms with Crippen LogP contribution in [0.5, 0.6) is 0 Å². The van der Waals surface area contributed by atoms with E-state index >= 15 is 0 Å². The molecule has 0 aromatic carbocycles. The van der Waals surface area contributed by atoms with Gasteiger partial charge < -0.3 is 5.11 Å². The van der Waals surface area contributed by atoms with E-state index in [-0.39, 0.29) is 0 Å². The van der Waals surface area contributed by atoms with Gasteiger partial charge in [0.15, 0.2) is 0 Å². The van der Waals surface area contributed by atoms with E-state index in [1.54, 1.807) is 17.4 Å². The van der Waals surface area contributed by atoms with Crippen LogP contribution in [-0.4, -0.2) is 19.1 Å². The zero-order valence-corrected chi connectivity index (χ0v) is 14.0. The molecule has 1 heterocycles. The molecule has 1 aromatic heterocycles. The lowest BCUT2D eigenvalue weighted by atomic mass is 10.3. The number of carboxylic acid groups (broad SMARTS) is 1. The fourth-order valence-electron chi connectivity index (χ4n) is 3.60. The van der Waals surface area contributed by atoms with Gasteiger partial charge in [-0.2, -0.15) is 11.3 Å². The molecule has 2 nitrogen and oxygen atoms in total. The molecule has 1 rings (SSSR count). The van der Waals surface area contributed by atoms with Crippen LogP contribution in [-0.2, 0) is 0 Å². The Kier molecular flexibility index (Phi) is 4.78. The quantitative estimate of drug-likeness (QED) is 0.817. The SMILES string of the molecule is CC(C)[Si](c1sccc1C(=O)O)(C(C)C)C(C)C. The van der Waals surface area contributed by atoms with Crippen LogP contribution < -0.4 is 4.50 Å². The molecule has 4 heteroatoms. The van der Waals surface area contributed by atoms with Crippen molar-refractivity contribution in [2.24, 2.45) is 0 Å². The average Bonchev–Trinajstić information content (AvgIpc) is 2.65. The molecule has 0 aliphatic heterocycles. The Bertz CT molecular complexity index is 399. The molecular formula is C14H24O2SSi. The molecule has 0 aliphatic carbocycles. The number of hydrogen-bond donors (Lipinski definition) is 1. The summed E-state index contributed by atoms with van der Waals surface area (Å²) < 4.78 is 1.18. The monoisotopic (exact) mass is 284 g/mol. The Balaban J connectivity index is 3.52. The average molecular weight is 284 g/mol. The second-order valence-corrected chi connectivity index (χ2v) is 13.0. The van der Waals surface area contributed by atoms with E-state index in [1.165, 1.54) is 4.50 Å². The van der Waals surface area contributed by atoms with E-state index in [1.807, 2.05) is 5.38 Å². The second-order valence-electron chi connectivity index (χ2n) is 5.87. The normalized spacial score (nSPS) is 12.7. The maximum atomic E-state index is 11.4. The van der Waals surface area contributed by atoms with Gasteiger partial charge in [0.1, 0.15) is 8.07 Å². The summed E-state index contributed by atoms with van der Waals surface area (Å²) in [5.41, 5.74) is 2.19. The Hall–Kier alpha value is -0.613. The van der Waals surface area contributed by atoms with E-state index in [0.717, 1.165) is 0 Å². The van der Waals surface area contributed by atoms with Crippen LogP contribution in [0.1, 0.15) is 51.9 Å². The van der Waals surface area contributed by atoms with Crippen molar-refractivity contribution in [3.63, 3.8) is 0 Å². The van der Waals surface area contributed by atoms with Crippen molar-refractivity contribution in [1.29, 1.82) is 0 Å². The predicted octanol–water partition coefficient (Wildman–Crippen LogP) is 4.33. The van der Waals surface area contributed by atoms with Crippen molar-refractivity contribution in [3.8, 4) is 0 Å². The van der Waals surface area contributed by atoms with Crippen molar-refractivity contribution in [3.05, 3.63) is 17.0 Å². The number of aromatic carboxylic acids is 1. The highest BCUT2D eigenvalue weighted by Crippen LogP contribution is 2.42. The first-order valence-electron chi connectivity index (χ1n) is 6.57. The summed E-state index contributed by atoms with van der Waals surface area (Å²) in [6.45, 7) is 13.6. The molecule has 1 N–H and O–H groups in total. The van der Waals surface area contributed by atoms with Crippen LogP contribution in [0.25, 0.3) is 0 Å². The molecule has 0 aliphatic rings. The maximum Gasteiger partial charge on any atom is 0.336 e. The highest BCUT2D eigenvalue weighted by molar-refractivity contribution is 7.27. The van der Waals surface area contributed by atoms with Crippen molar-refractivity contribution < 1.29 is 9.90 Å². The molecule has 0 saturated heterocycles. The third-order valence-corrected chi connectivity index (χ3v) is 13.1. The highest BCUT2D eigenvalue weighted by Gasteiger charge is 2.47. The Morgan fingerprint density at radius 2 is 1.56 bits per heavy atom. The van der Waals surface area contributed by atoms with Gasteiger partial charge >= 0.3 is 5.97 Å². The lowest BCUT2D eigenvalue weighted by Gasteiger charge is -2.42. The van der Waals surface area contributed by atoms with E-state index < -0.39 is 14.0 Å². The summed E-state index contributed by atoms with van der Waals surface area (Å²) >= 11 is 1.65. The molecule has 102 valence electrons. The van der Waals surface area contributed by atoms with Crippen LogP contribution in [0.3, 0.4) is 0 Å². The first-order valence-corrected chi connectivity index (χ1v) is 9.68. The zero-order chi connectivity index (χ0) is 14.1. The van der Waals surface area contributed by atoms with Crippen LogP contribution in [0.15, 0.2) is 11.4 Å². The van der Waals surface area contributed by atoms with Gasteiger partial charge in [0, 0.05) is 4.50 Å². The molecule has 18 heavy (non-hydrogen) atoms. The van der Waals surface area contributed by atoms with Gasteiger partial charge in [0.2, 0.25) is 0 Å². The summed E-state index contributed by atoms with van der Waals surface area (Å²) in [6, 6.07) is 1.78. The van der Waals surface area contributed by atoms with Crippen LogP contribution >= 0.6 is 11.3 Å². The van der Waals surface area contributed by atoms with E-state index in [4.69, 9.17) is 0 Å². The molecule has 0 radical (unpaired) electrons. The fourth-order valence-corrected chi connectivity index (χ4v) is 13.6.